The van der Waals surface area contributed by atoms with Crippen LogP contribution in [0.4, 0.5) is 0 Å². The number of rotatable bonds is 8. The van der Waals surface area contributed by atoms with Crippen LogP contribution in [-0.2, 0) is 4.74 Å². The summed E-state index contributed by atoms with van der Waals surface area (Å²) in [6.07, 6.45) is 11.0. The van der Waals surface area contributed by atoms with Gasteiger partial charge in [0.25, 0.3) is 0 Å². The molecule has 0 bridgehead atoms. The molecule has 1 aliphatic rings. The van der Waals surface area contributed by atoms with E-state index in [0.717, 1.165) is 19.4 Å². The van der Waals surface area contributed by atoms with Gasteiger partial charge in [-0.2, -0.15) is 0 Å². The van der Waals surface area contributed by atoms with Gasteiger partial charge in [-0.3, -0.25) is 0 Å². The Bertz CT molecular complexity index is 254. The van der Waals surface area contributed by atoms with Crippen LogP contribution in [-0.4, -0.2) is 25.3 Å². The van der Waals surface area contributed by atoms with Gasteiger partial charge in [0, 0.05) is 13.2 Å². The molecule has 0 aromatic rings. The lowest BCUT2D eigenvalue weighted by molar-refractivity contribution is -0.0526. The molecule has 2 heteroatoms. The monoisotopic (exact) mass is 267 g/mol. The normalized spacial score (nSPS) is 20.8. The second-order valence-corrected chi connectivity index (χ2v) is 6.00. The maximum atomic E-state index is 6.06. The van der Waals surface area contributed by atoms with Gasteiger partial charge in [-0.1, -0.05) is 51.7 Å². The van der Waals surface area contributed by atoms with Crippen molar-refractivity contribution in [1.82, 2.24) is 5.32 Å². The van der Waals surface area contributed by atoms with Crippen LogP contribution in [0.3, 0.4) is 0 Å². The molecule has 1 atom stereocenters. The third-order valence-electron chi connectivity index (χ3n) is 4.63. The minimum Gasteiger partial charge on any atom is -0.377 e. The van der Waals surface area contributed by atoms with E-state index in [1.807, 2.05) is 7.11 Å². The first-order chi connectivity index (χ1) is 9.18. The van der Waals surface area contributed by atoms with Crippen LogP contribution in [0.15, 0.2) is 12.2 Å². The molecule has 1 fully saturated rings. The van der Waals surface area contributed by atoms with Gasteiger partial charge in [0.05, 0.1) is 5.60 Å². The fraction of sp³-hybridized carbons (Fsp3) is 0.882. The molecule has 1 saturated carbocycles. The van der Waals surface area contributed by atoms with Crippen LogP contribution < -0.4 is 5.32 Å². The molecule has 0 radical (unpaired) electrons. The number of hydrogen-bond donors (Lipinski definition) is 1. The molecule has 0 aliphatic heterocycles. The van der Waals surface area contributed by atoms with Crippen molar-refractivity contribution in [1.29, 1.82) is 0 Å². The number of nitrogens with one attached hydrogen (secondary N) is 1. The molecular formula is C17H33NO. The van der Waals surface area contributed by atoms with Gasteiger partial charge in [0.15, 0.2) is 0 Å². The lowest BCUT2D eigenvalue weighted by Crippen LogP contribution is -2.52. The zero-order valence-electron chi connectivity index (χ0n) is 13.3. The quantitative estimate of drug-likeness (QED) is 0.518. The predicted octanol–water partition coefficient (Wildman–Crippen LogP) is 4.45. The molecular weight excluding hydrogens is 234 g/mol. The van der Waals surface area contributed by atoms with Gasteiger partial charge in [0.1, 0.15) is 0 Å². The summed E-state index contributed by atoms with van der Waals surface area (Å²) in [4.78, 5) is 0. The van der Waals surface area contributed by atoms with Gasteiger partial charge < -0.3 is 10.1 Å². The molecule has 19 heavy (non-hydrogen) atoms. The molecule has 0 spiro atoms. The summed E-state index contributed by atoms with van der Waals surface area (Å²) < 4.78 is 6.06. The maximum Gasteiger partial charge on any atom is 0.0834 e. The molecule has 2 nitrogen and oxygen atoms in total. The Morgan fingerprint density at radius 3 is 2.32 bits per heavy atom. The Hall–Kier alpha value is -0.340. The van der Waals surface area contributed by atoms with E-state index in [0.29, 0.717) is 6.04 Å². The van der Waals surface area contributed by atoms with E-state index in [4.69, 9.17) is 4.74 Å². The first-order valence-electron chi connectivity index (χ1n) is 8.13. The fourth-order valence-electron chi connectivity index (χ4n) is 3.22. The van der Waals surface area contributed by atoms with Crippen molar-refractivity contribution in [2.24, 2.45) is 0 Å². The second-order valence-electron chi connectivity index (χ2n) is 6.00. The lowest BCUT2D eigenvalue weighted by Gasteiger charge is -2.40. The Kier molecular flexibility index (Phi) is 7.70. The van der Waals surface area contributed by atoms with Gasteiger partial charge in [0.2, 0.25) is 0 Å². The molecule has 0 saturated heterocycles. The summed E-state index contributed by atoms with van der Waals surface area (Å²) in [5.41, 5.74) is 1.37. The Morgan fingerprint density at radius 1 is 1.21 bits per heavy atom. The van der Waals surface area contributed by atoms with Crippen molar-refractivity contribution in [3.05, 3.63) is 12.2 Å². The summed E-state index contributed by atoms with van der Waals surface area (Å²) in [6, 6.07) is 0.433. The molecule has 1 N–H and O–H groups in total. The van der Waals surface area contributed by atoms with Gasteiger partial charge in [-0.15, -0.1) is 0 Å². The highest BCUT2D eigenvalue weighted by Crippen LogP contribution is 2.35. The largest absolute Gasteiger partial charge is 0.377 e. The average Bonchev–Trinajstić information content (AvgIpc) is 2.69. The molecule has 0 heterocycles. The van der Waals surface area contributed by atoms with Crippen molar-refractivity contribution >= 4 is 0 Å². The highest BCUT2D eigenvalue weighted by atomic mass is 16.5. The minimum atomic E-state index is 0.0315. The highest BCUT2D eigenvalue weighted by molar-refractivity contribution is 5.04. The topological polar surface area (TPSA) is 21.3 Å². The van der Waals surface area contributed by atoms with Gasteiger partial charge >= 0.3 is 0 Å². The highest BCUT2D eigenvalue weighted by Gasteiger charge is 2.38. The minimum absolute atomic E-state index is 0.0315. The summed E-state index contributed by atoms with van der Waals surface area (Å²) in [7, 11) is 1.90. The lowest BCUT2D eigenvalue weighted by atomic mass is 9.82. The average molecular weight is 267 g/mol. The number of ether oxygens (including phenoxy) is 1. The summed E-state index contributed by atoms with van der Waals surface area (Å²) in [5.74, 6) is 0. The second kappa shape index (κ2) is 8.76. The van der Waals surface area contributed by atoms with Crippen LogP contribution in [0, 0.1) is 0 Å². The molecule has 1 unspecified atom stereocenters. The molecule has 0 aromatic carbocycles. The fourth-order valence-corrected chi connectivity index (χ4v) is 3.22. The zero-order chi connectivity index (χ0) is 14.1. The SMILES string of the molecule is C=C(CC)CC(NCCC)C1(OC)CCCCCC1. The van der Waals surface area contributed by atoms with Crippen molar-refractivity contribution in [3.63, 3.8) is 0 Å². The number of methoxy groups -OCH3 is 1. The van der Waals surface area contributed by atoms with Gasteiger partial charge in [-0.25, -0.2) is 0 Å². The standard InChI is InChI=1S/C17H33NO/c1-5-13-18-16(14-15(3)6-2)17(19-4)11-9-7-8-10-12-17/h16,18H,3,5-14H2,1-2,4H3. The van der Waals surface area contributed by atoms with Crippen LogP contribution in [0.2, 0.25) is 0 Å². The zero-order valence-corrected chi connectivity index (χ0v) is 13.3. The van der Waals surface area contributed by atoms with Crippen molar-refractivity contribution in [2.75, 3.05) is 13.7 Å². The first kappa shape index (κ1) is 16.7. The van der Waals surface area contributed by atoms with Crippen LogP contribution in [0.1, 0.15) is 71.6 Å². The van der Waals surface area contributed by atoms with E-state index < -0.39 is 0 Å². The summed E-state index contributed by atoms with van der Waals surface area (Å²) in [6.45, 7) is 9.71. The maximum absolute atomic E-state index is 6.06. The molecule has 1 aliphatic carbocycles. The van der Waals surface area contributed by atoms with E-state index in [9.17, 15) is 0 Å². The van der Waals surface area contributed by atoms with E-state index in [-0.39, 0.29) is 5.60 Å². The molecule has 0 aromatic heterocycles. The van der Waals surface area contributed by atoms with Crippen LogP contribution in [0.25, 0.3) is 0 Å². The predicted molar refractivity (Wildman–Crippen MR) is 83.6 cm³/mol. The van der Waals surface area contributed by atoms with Crippen molar-refractivity contribution < 1.29 is 4.74 Å². The molecule has 0 amide bonds. The van der Waals surface area contributed by atoms with E-state index >= 15 is 0 Å². The van der Waals surface area contributed by atoms with Crippen LogP contribution >= 0.6 is 0 Å². The third kappa shape index (κ3) is 4.92. The Labute approximate surface area is 120 Å². The Morgan fingerprint density at radius 2 is 1.84 bits per heavy atom. The smallest absolute Gasteiger partial charge is 0.0834 e. The number of hydrogen-bond acceptors (Lipinski definition) is 2. The van der Waals surface area contributed by atoms with Crippen molar-refractivity contribution in [3.8, 4) is 0 Å². The summed E-state index contributed by atoms with van der Waals surface area (Å²) in [5, 5.41) is 3.74. The summed E-state index contributed by atoms with van der Waals surface area (Å²) >= 11 is 0. The Balaban J connectivity index is 2.79. The van der Waals surface area contributed by atoms with E-state index in [2.05, 4.69) is 25.7 Å². The van der Waals surface area contributed by atoms with E-state index in [1.165, 1.54) is 50.5 Å². The van der Waals surface area contributed by atoms with E-state index in [1.54, 1.807) is 0 Å². The third-order valence-corrected chi connectivity index (χ3v) is 4.63. The first-order valence-corrected chi connectivity index (χ1v) is 8.13. The van der Waals surface area contributed by atoms with Crippen molar-refractivity contribution in [2.45, 2.75) is 83.3 Å². The van der Waals surface area contributed by atoms with Crippen LogP contribution in [0.5, 0.6) is 0 Å². The molecule has 112 valence electrons. The van der Waals surface area contributed by atoms with Gasteiger partial charge in [-0.05, 0) is 38.6 Å². The molecule has 1 rings (SSSR count).